The van der Waals surface area contributed by atoms with E-state index in [1.807, 2.05) is 24.3 Å². The van der Waals surface area contributed by atoms with Crippen LogP contribution in [0.1, 0.15) is 39.2 Å². The predicted octanol–water partition coefficient (Wildman–Crippen LogP) is 3.87. The van der Waals surface area contributed by atoms with Crippen molar-refractivity contribution in [3.05, 3.63) is 44.7 Å². The minimum absolute atomic E-state index is 0.265. The minimum Gasteiger partial charge on any atom is -0.465 e. The van der Waals surface area contributed by atoms with Crippen molar-refractivity contribution in [3.63, 3.8) is 0 Å². The smallest absolute Gasteiger partial charge is 0.336 e. The number of allylic oxidation sites excluding steroid dienone is 1. The number of carbonyl (C=O) groups is 2. The SMILES string of the molecule is CCOC(=O)C1=C(C)N=C(C)C(C(=O)OCC)[C@H]1c1cccc(I)c1. The van der Waals surface area contributed by atoms with Crippen LogP contribution in [0.4, 0.5) is 0 Å². The first kappa shape index (κ1) is 19.6. The molecule has 1 unspecified atom stereocenters. The molecule has 0 N–H and O–H groups in total. The highest BCUT2D eigenvalue weighted by Crippen LogP contribution is 2.40. The van der Waals surface area contributed by atoms with E-state index in [2.05, 4.69) is 27.6 Å². The number of carbonyl (C=O) groups excluding carboxylic acids is 2. The largest absolute Gasteiger partial charge is 0.465 e. The number of hydrogen-bond donors (Lipinski definition) is 0. The third-order valence-corrected chi connectivity index (χ3v) is 4.74. The van der Waals surface area contributed by atoms with Crippen molar-refractivity contribution < 1.29 is 19.1 Å². The first-order valence-corrected chi connectivity index (χ1v) is 9.33. The van der Waals surface area contributed by atoms with Crippen LogP contribution < -0.4 is 0 Å². The van der Waals surface area contributed by atoms with Gasteiger partial charge < -0.3 is 9.47 Å². The second-order valence-corrected chi connectivity index (χ2v) is 6.98. The molecule has 0 aromatic heterocycles. The van der Waals surface area contributed by atoms with Crippen molar-refractivity contribution in [2.24, 2.45) is 10.9 Å². The van der Waals surface area contributed by atoms with Crippen LogP contribution in [0.25, 0.3) is 0 Å². The standard InChI is InChI=1S/C19H22INO4/c1-5-24-18(22)15-11(3)21-12(4)16(19(23)25-6-2)17(15)13-8-7-9-14(20)10-13/h7-10,15,17H,5-6H2,1-4H3/t15?,17-/m1/s1. The molecule has 0 saturated carbocycles. The lowest BCUT2D eigenvalue weighted by molar-refractivity contribution is -0.146. The fourth-order valence-electron chi connectivity index (χ4n) is 3.11. The van der Waals surface area contributed by atoms with Crippen LogP contribution in [0.2, 0.25) is 0 Å². The van der Waals surface area contributed by atoms with Crippen molar-refractivity contribution in [3.8, 4) is 0 Å². The Balaban J connectivity index is 2.62. The van der Waals surface area contributed by atoms with Gasteiger partial charge in [0.1, 0.15) is 5.92 Å². The number of esters is 2. The predicted molar refractivity (Wildman–Crippen MR) is 104 cm³/mol. The molecule has 6 heteroatoms. The molecule has 0 radical (unpaired) electrons. The normalized spacial score (nSPS) is 20.1. The molecule has 1 aliphatic heterocycles. The summed E-state index contributed by atoms with van der Waals surface area (Å²) in [5, 5.41) is 0. The second-order valence-electron chi connectivity index (χ2n) is 5.74. The zero-order valence-corrected chi connectivity index (χ0v) is 17.0. The van der Waals surface area contributed by atoms with Crippen LogP contribution in [-0.4, -0.2) is 30.9 Å². The van der Waals surface area contributed by atoms with Gasteiger partial charge in [-0.15, -0.1) is 0 Å². The number of rotatable bonds is 5. The Morgan fingerprint density at radius 1 is 1.16 bits per heavy atom. The van der Waals surface area contributed by atoms with Crippen LogP contribution >= 0.6 is 22.6 Å². The van der Waals surface area contributed by atoms with Crippen molar-refractivity contribution >= 4 is 40.2 Å². The fraction of sp³-hybridized carbons (Fsp3) is 0.421. The third-order valence-electron chi connectivity index (χ3n) is 4.07. The molecule has 0 amide bonds. The lowest BCUT2D eigenvalue weighted by Gasteiger charge is -2.31. The monoisotopic (exact) mass is 455 g/mol. The molecule has 5 nitrogen and oxygen atoms in total. The topological polar surface area (TPSA) is 65.0 Å². The molecule has 134 valence electrons. The summed E-state index contributed by atoms with van der Waals surface area (Å²) in [5.41, 5.74) is 2.53. The summed E-state index contributed by atoms with van der Waals surface area (Å²) in [4.78, 5) is 29.7. The molecule has 1 aliphatic rings. The minimum atomic E-state index is -0.638. The molecule has 1 aromatic rings. The number of halogens is 1. The molecule has 2 rings (SSSR count). The van der Waals surface area contributed by atoms with Gasteiger partial charge >= 0.3 is 11.9 Å². The molecule has 2 atom stereocenters. The molecule has 0 saturated heterocycles. The van der Waals surface area contributed by atoms with Crippen molar-refractivity contribution in [1.82, 2.24) is 0 Å². The number of benzene rings is 1. The van der Waals surface area contributed by atoms with E-state index >= 15 is 0 Å². The maximum absolute atomic E-state index is 12.6. The van der Waals surface area contributed by atoms with E-state index in [1.165, 1.54) is 0 Å². The average Bonchev–Trinajstić information content (AvgIpc) is 2.54. The van der Waals surface area contributed by atoms with E-state index in [0.29, 0.717) is 17.0 Å². The van der Waals surface area contributed by atoms with Crippen molar-refractivity contribution in [2.45, 2.75) is 33.6 Å². The summed E-state index contributed by atoms with van der Waals surface area (Å²) in [6.45, 7) is 7.64. The van der Waals surface area contributed by atoms with E-state index in [1.54, 1.807) is 27.7 Å². The quantitative estimate of drug-likeness (QED) is 0.500. The molecule has 0 bridgehead atoms. The zero-order chi connectivity index (χ0) is 18.6. The van der Waals surface area contributed by atoms with Gasteiger partial charge in [-0.3, -0.25) is 9.79 Å². The highest BCUT2D eigenvalue weighted by Gasteiger charge is 2.42. The van der Waals surface area contributed by atoms with Gasteiger partial charge in [0.2, 0.25) is 0 Å². The van der Waals surface area contributed by atoms with Crippen LogP contribution in [0.5, 0.6) is 0 Å². The molecular formula is C19H22INO4. The maximum atomic E-state index is 12.6. The fourth-order valence-corrected chi connectivity index (χ4v) is 3.68. The van der Waals surface area contributed by atoms with Crippen LogP contribution in [0, 0.1) is 9.49 Å². The number of hydrogen-bond acceptors (Lipinski definition) is 5. The van der Waals surface area contributed by atoms with Crippen LogP contribution in [0.15, 0.2) is 40.5 Å². The molecule has 1 heterocycles. The lowest BCUT2D eigenvalue weighted by Crippen LogP contribution is -2.36. The van der Waals surface area contributed by atoms with Gasteiger partial charge in [0.15, 0.2) is 0 Å². The summed E-state index contributed by atoms with van der Waals surface area (Å²) in [6, 6.07) is 7.78. The average molecular weight is 455 g/mol. The summed E-state index contributed by atoms with van der Waals surface area (Å²) >= 11 is 2.22. The Kier molecular flexibility index (Phi) is 6.75. The molecule has 1 aromatic carbocycles. The van der Waals surface area contributed by atoms with Gasteiger partial charge in [0.05, 0.1) is 18.8 Å². The second kappa shape index (κ2) is 8.60. The Labute approximate surface area is 161 Å². The highest BCUT2D eigenvalue weighted by molar-refractivity contribution is 14.1. The summed E-state index contributed by atoms with van der Waals surface area (Å²) in [6.07, 6.45) is 0. The van der Waals surface area contributed by atoms with E-state index in [4.69, 9.17) is 9.47 Å². The van der Waals surface area contributed by atoms with Gasteiger partial charge in [0, 0.05) is 20.9 Å². The summed E-state index contributed by atoms with van der Waals surface area (Å²) in [7, 11) is 0. The molecule has 25 heavy (non-hydrogen) atoms. The molecule has 0 aliphatic carbocycles. The Morgan fingerprint density at radius 2 is 1.84 bits per heavy atom. The molecule has 0 fully saturated rings. The highest BCUT2D eigenvalue weighted by atomic mass is 127. The van der Waals surface area contributed by atoms with E-state index < -0.39 is 17.8 Å². The first-order valence-electron chi connectivity index (χ1n) is 8.25. The van der Waals surface area contributed by atoms with Gasteiger partial charge in [0.25, 0.3) is 0 Å². The Morgan fingerprint density at radius 3 is 2.44 bits per heavy atom. The number of aliphatic imine (C=N–C) groups is 1. The van der Waals surface area contributed by atoms with Crippen LogP contribution in [-0.2, 0) is 19.1 Å². The Bertz CT molecular complexity index is 739. The molecule has 0 spiro atoms. The van der Waals surface area contributed by atoms with Crippen LogP contribution in [0.3, 0.4) is 0 Å². The number of nitrogens with zero attached hydrogens (tertiary/aromatic N) is 1. The summed E-state index contributed by atoms with van der Waals surface area (Å²) in [5.74, 6) is -1.91. The maximum Gasteiger partial charge on any atom is 0.336 e. The third kappa shape index (κ3) is 4.29. The number of ether oxygens (including phenoxy) is 2. The van der Waals surface area contributed by atoms with E-state index in [0.717, 1.165) is 9.13 Å². The zero-order valence-electron chi connectivity index (χ0n) is 14.8. The summed E-state index contributed by atoms with van der Waals surface area (Å²) < 4.78 is 11.5. The van der Waals surface area contributed by atoms with E-state index in [9.17, 15) is 9.59 Å². The molecular weight excluding hydrogens is 433 g/mol. The van der Waals surface area contributed by atoms with Gasteiger partial charge in [-0.1, -0.05) is 12.1 Å². The lowest BCUT2D eigenvalue weighted by atomic mass is 9.75. The van der Waals surface area contributed by atoms with Gasteiger partial charge in [-0.25, -0.2) is 4.79 Å². The van der Waals surface area contributed by atoms with Crippen molar-refractivity contribution in [1.29, 1.82) is 0 Å². The van der Waals surface area contributed by atoms with E-state index in [-0.39, 0.29) is 19.2 Å². The van der Waals surface area contributed by atoms with Crippen molar-refractivity contribution in [2.75, 3.05) is 13.2 Å². The first-order chi connectivity index (χ1) is 11.9. The van der Waals surface area contributed by atoms with Gasteiger partial charge in [-0.05, 0) is 68.0 Å². The Hall–Kier alpha value is -1.70. The van der Waals surface area contributed by atoms with Gasteiger partial charge in [-0.2, -0.15) is 0 Å².